The summed E-state index contributed by atoms with van der Waals surface area (Å²) >= 11 is 0.884. The van der Waals surface area contributed by atoms with Gasteiger partial charge in [0.05, 0.1) is 5.71 Å². The van der Waals surface area contributed by atoms with Crippen molar-refractivity contribution < 1.29 is 27.8 Å². The van der Waals surface area contributed by atoms with Gasteiger partial charge in [-0.1, -0.05) is 24.3 Å². The highest BCUT2D eigenvalue weighted by Crippen LogP contribution is 2.46. The van der Waals surface area contributed by atoms with Gasteiger partial charge < -0.3 is 10.2 Å². The minimum atomic E-state index is -5.04. The SMILES string of the molecule is Oc1cccc(C2=NN=C3SC(c4ccc(F)cc4)=CN3C(O)(C(F)(F)F)C2)c1. The molecule has 2 aromatic carbocycles. The van der Waals surface area contributed by atoms with Crippen LogP contribution in [-0.4, -0.2) is 37.9 Å². The van der Waals surface area contributed by atoms with Gasteiger partial charge in [-0.3, -0.25) is 4.90 Å². The first-order valence-electron chi connectivity index (χ1n) is 8.35. The second-order valence-corrected chi connectivity index (χ2v) is 7.45. The van der Waals surface area contributed by atoms with Crippen LogP contribution in [0.1, 0.15) is 17.5 Å². The number of phenolic OH excluding ortho intramolecular Hbond substituents is 1. The highest BCUT2D eigenvalue weighted by atomic mass is 32.2. The Labute approximate surface area is 166 Å². The van der Waals surface area contributed by atoms with Crippen LogP contribution < -0.4 is 0 Å². The number of amidine groups is 1. The Morgan fingerprint density at radius 1 is 1.03 bits per heavy atom. The maximum atomic E-state index is 14.0. The van der Waals surface area contributed by atoms with Gasteiger partial charge in [0.1, 0.15) is 11.6 Å². The highest BCUT2D eigenvalue weighted by molar-refractivity contribution is 8.22. The first-order valence-corrected chi connectivity index (χ1v) is 9.17. The fraction of sp³-hybridized carbons (Fsp3) is 0.158. The third kappa shape index (κ3) is 3.49. The number of aliphatic hydroxyl groups is 1. The lowest BCUT2D eigenvalue weighted by molar-refractivity contribution is -0.290. The maximum Gasteiger partial charge on any atom is 0.437 e. The Morgan fingerprint density at radius 3 is 2.41 bits per heavy atom. The van der Waals surface area contributed by atoms with Gasteiger partial charge in [-0.05, 0) is 41.6 Å². The Balaban J connectivity index is 1.78. The summed E-state index contributed by atoms with van der Waals surface area (Å²) in [7, 11) is 0. The average Bonchev–Trinajstić information content (AvgIpc) is 3.03. The van der Waals surface area contributed by atoms with E-state index < -0.39 is 24.1 Å². The molecule has 0 amide bonds. The molecule has 4 rings (SSSR count). The van der Waals surface area contributed by atoms with Crippen molar-refractivity contribution in [1.29, 1.82) is 0 Å². The zero-order valence-corrected chi connectivity index (χ0v) is 15.4. The zero-order chi connectivity index (χ0) is 20.8. The molecular formula is C19H13F4N3O2S. The van der Waals surface area contributed by atoms with Crippen molar-refractivity contribution in [3.8, 4) is 5.75 Å². The van der Waals surface area contributed by atoms with E-state index in [9.17, 15) is 27.8 Å². The summed E-state index contributed by atoms with van der Waals surface area (Å²) in [6.45, 7) is 0. The Morgan fingerprint density at radius 2 is 1.76 bits per heavy atom. The number of thioether (sulfide) groups is 1. The maximum absolute atomic E-state index is 14.0. The first kappa shape index (κ1) is 19.5. The summed E-state index contributed by atoms with van der Waals surface area (Å²) in [5.41, 5.74) is -2.73. The van der Waals surface area contributed by atoms with Crippen molar-refractivity contribution in [2.24, 2.45) is 10.2 Å². The van der Waals surface area contributed by atoms with Crippen LogP contribution in [0.3, 0.4) is 0 Å². The minimum Gasteiger partial charge on any atom is -0.508 e. The number of aromatic hydroxyl groups is 1. The first-order chi connectivity index (χ1) is 13.7. The minimum absolute atomic E-state index is 0.125. The van der Waals surface area contributed by atoms with Gasteiger partial charge in [0.25, 0.3) is 0 Å². The van der Waals surface area contributed by atoms with Crippen molar-refractivity contribution >= 4 is 27.5 Å². The van der Waals surface area contributed by atoms with Crippen molar-refractivity contribution in [1.82, 2.24) is 4.90 Å². The van der Waals surface area contributed by atoms with Crippen LogP contribution >= 0.6 is 11.8 Å². The topological polar surface area (TPSA) is 68.4 Å². The quantitative estimate of drug-likeness (QED) is 0.707. The molecule has 0 saturated carbocycles. The Bertz CT molecular complexity index is 1050. The van der Waals surface area contributed by atoms with E-state index in [4.69, 9.17) is 0 Å². The van der Waals surface area contributed by atoms with E-state index in [1.54, 1.807) is 0 Å². The smallest absolute Gasteiger partial charge is 0.437 e. The van der Waals surface area contributed by atoms with Gasteiger partial charge >= 0.3 is 6.18 Å². The van der Waals surface area contributed by atoms with Gasteiger partial charge in [-0.25, -0.2) is 4.39 Å². The molecule has 0 saturated heterocycles. The number of nitrogens with zero attached hydrogens (tertiary/aromatic N) is 3. The van der Waals surface area contributed by atoms with E-state index >= 15 is 0 Å². The third-order valence-corrected chi connectivity index (χ3v) is 5.51. The number of fused-ring (bicyclic) bond motifs is 1. The molecule has 1 unspecified atom stereocenters. The van der Waals surface area contributed by atoms with Crippen LogP contribution in [0.4, 0.5) is 17.6 Å². The summed E-state index contributed by atoms with van der Waals surface area (Å²) in [6.07, 6.45) is -4.81. The molecule has 2 aliphatic heterocycles. The van der Waals surface area contributed by atoms with Crippen molar-refractivity contribution in [3.63, 3.8) is 0 Å². The summed E-state index contributed by atoms with van der Waals surface area (Å²) in [6, 6.07) is 10.8. The normalized spacial score (nSPS) is 21.8. The third-order valence-electron chi connectivity index (χ3n) is 4.48. The van der Waals surface area contributed by atoms with Crippen molar-refractivity contribution in [2.45, 2.75) is 18.3 Å². The van der Waals surface area contributed by atoms with Crippen LogP contribution in [0.2, 0.25) is 0 Å². The molecule has 2 heterocycles. The van der Waals surface area contributed by atoms with Gasteiger partial charge in [-0.15, -0.1) is 5.10 Å². The number of hydrogen-bond donors (Lipinski definition) is 2. The molecular weight excluding hydrogens is 410 g/mol. The molecule has 2 aromatic rings. The van der Waals surface area contributed by atoms with Crippen molar-refractivity contribution in [3.05, 3.63) is 71.7 Å². The monoisotopic (exact) mass is 423 g/mol. The highest BCUT2D eigenvalue weighted by Gasteiger charge is 2.61. The van der Waals surface area contributed by atoms with E-state index in [0.29, 0.717) is 15.4 Å². The molecule has 5 nitrogen and oxygen atoms in total. The standard InChI is InChI=1S/C19H13F4N3O2S/c20-13-6-4-11(5-7-13)16-10-26-17(29-16)25-24-15(9-18(26,28)19(21,22)23)12-2-1-3-14(27)8-12/h1-8,10,27-28H,9H2. The van der Waals surface area contributed by atoms with Gasteiger partial charge in [0.15, 0.2) is 5.17 Å². The average molecular weight is 423 g/mol. The summed E-state index contributed by atoms with van der Waals surface area (Å²) in [4.78, 5) is 0.998. The molecule has 29 heavy (non-hydrogen) atoms. The van der Waals surface area contributed by atoms with Crippen LogP contribution in [0.15, 0.2) is 64.9 Å². The second-order valence-electron chi connectivity index (χ2n) is 6.44. The molecule has 2 aliphatic rings. The van der Waals surface area contributed by atoms with Gasteiger partial charge in [0.2, 0.25) is 5.72 Å². The van der Waals surface area contributed by atoms with Crippen LogP contribution in [0, 0.1) is 5.82 Å². The molecule has 10 heteroatoms. The molecule has 0 spiro atoms. The van der Waals surface area contributed by atoms with Gasteiger partial charge in [0, 0.05) is 23.1 Å². The second kappa shape index (κ2) is 6.89. The largest absolute Gasteiger partial charge is 0.508 e. The fourth-order valence-electron chi connectivity index (χ4n) is 2.97. The number of alkyl halides is 3. The van der Waals surface area contributed by atoms with E-state index in [-0.39, 0.29) is 22.2 Å². The summed E-state index contributed by atoms with van der Waals surface area (Å²) in [5, 5.41) is 28.0. The summed E-state index contributed by atoms with van der Waals surface area (Å²) in [5.74, 6) is -0.623. The van der Waals surface area contributed by atoms with E-state index in [0.717, 1.165) is 18.0 Å². The lowest BCUT2D eigenvalue weighted by atomic mass is 9.98. The van der Waals surface area contributed by atoms with E-state index in [1.165, 1.54) is 48.5 Å². The molecule has 0 aromatic heterocycles. The number of rotatable bonds is 2. The number of halogens is 4. The lowest BCUT2D eigenvalue weighted by Crippen LogP contribution is -2.58. The van der Waals surface area contributed by atoms with E-state index in [1.807, 2.05) is 0 Å². The van der Waals surface area contributed by atoms with Crippen LogP contribution in [0.25, 0.3) is 4.91 Å². The predicted octanol–water partition coefficient (Wildman–Crippen LogP) is 4.29. The Kier molecular flexibility index (Phi) is 4.62. The molecule has 2 N–H and O–H groups in total. The number of hydrogen-bond acceptors (Lipinski definition) is 6. The molecule has 0 fully saturated rings. The molecule has 0 aliphatic carbocycles. The van der Waals surface area contributed by atoms with Crippen LogP contribution in [-0.2, 0) is 0 Å². The zero-order valence-electron chi connectivity index (χ0n) is 14.6. The Hall–Kier alpha value is -2.85. The molecule has 0 bridgehead atoms. The number of benzene rings is 2. The molecule has 0 radical (unpaired) electrons. The van der Waals surface area contributed by atoms with Crippen molar-refractivity contribution in [2.75, 3.05) is 0 Å². The lowest BCUT2D eigenvalue weighted by Gasteiger charge is -2.37. The molecule has 1 atom stereocenters. The van der Waals surface area contributed by atoms with E-state index in [2.05, 4.69) is 10.2 Å². The fourth-order valence-corrected chi connectivity index (χ4v) is 3.96. The van der Waals surface area contributed by atoms with Gasteiger partial charge in [-0.2, -0.15) is 18.3 Å². The summed E-state index contributed by atoms with van der Waals surface area (Å²) < 4.78 is 55.0. The predicted molar refractivity (Wildman–Crippen MR) is 102 cm³/mol. The van der Waals surface area contributed by atoms with Crippen LogP contribution in [0.5, 0.6) is 5.75 Å². The number of phenols is 1. The molecule has 150 valence electrons.